The van der Waals surface area contributed by atoms with Crippen molar-refractivity contribution in [3.63, 3.8) is 0 Å². The molecule has 0 spiro atoms. The number of benzene rings is 2. The van der Waals surface area contributed by atoms with Gasteiger partial charge in [0, 0.05) is 17.1 Å². The maximum Gasteiger partial charge on any atom is 0.292 e. The Bertz CT molecular complexity index is 751. The molecular weight excluding hydrogens is 330 g/mol. The van der Waals surface area contributed by atoms with Crippen molar-refractivity contribution in [2.45, 2.75) is 25.9 Å². The topological polar surface area (TPSA) is 84.3 Å². The number of carbonyl (C=O) groups excluding carboxylic acids is 1. The summed E-state index contributed by atoms with van der Waals surface area (Å²) in [6.45, 7) is 3.59. The number of nitrogens with zero attached hydrogens (tertiary/aromatic N) is 1. The minimum atomic E-state index is -0.559. The first-order valence-electron chi connectivity index (χ1n) is 7.45. The van der Waals surface area contributed by atoms with Gasteiger partial charge in [-0.2, -0.15) is 0 Å². The van der Waals surface area contributed by atoms with E-state index in [9.17, 15) is 14.9 Å². The van der Waals surface area contributed by atoms with Crippen LogP contribution in [0.2, 0.25) is 5.02 Å². The Morgan fingerprint density at radius 2 is 1.75 bits per heavy atom. The second-order valence-electron chi connectivity index (χ2n) is 5.40. The lowest BCUT2D eigenvalue weighted by Gasteiger charge is -2.20. The van der Waals surface area contributed by atoms with Crippen molar-refractivity contribution in [3.05, 3.63) is 69.2 Å². The van der Waals surface area contributed by atoms with Crippen LogP contribution in [0.15, 0.2) is 48.5 Å². The molecule has 0 aromatic heterocycles. The molecule has 0 saturated heterocycles. The largest absolute Gasteiger partial charge is 0.319 e. The molecule has 0 fully saturated rings. The van der Waals surface area contributed by atoms with E-state index in [0.29, 0.717) is 5.02 Å². The van der Waals surface area contributed by atoms with Gasteiger partial charge in [0.2, 0.25) is 5.91 Å². The number of nitro groups is 1. The Morgan fingerprint density at radius 3 is 2.42 bits per heavy atom. The van der Waals surface area contributed by atoms with Gasteiger partial charge >= 0.3 is 0 Å². The van der Waals surface area contributed by atoms with Gasteiger partial charge in [0.25, 0.3) is 5.69 Å². The lowest BCUT2D eigenvalue weighted by Crippen LogP contribution is -2.39. The Kier molecular flexibility index (Phi) is 5.89. The van der Waals surface area contributed by atoms with Crippen LogP contribution in [-0.2, 0) is 4.79 Å². The van der Waals surface area contributed by atoms with E-state index in [1.165, 1.54) is 12.1 Å². The number of carbonyl (C=O) groups is 1. The number of anilines is 1. The summed E-state index contributed by atoms with van der Waals surface area (Å²) in [5, 5.41) is 17.3. The summed E-state index contributed by atoms with van der Waals surface area (Å²) >= 11 is 6.15. The van der Waals surface area contributed by atoms with Crippen LogP contribution >= 0.6 is 11.6 Å². The molecule has 126 valence electrons. The third kappa shape index (κ3) is 4.31. The van der Waals surface area contributed by atoms with Crippen LogP contribution < -0.4 is 10.6 Å². The summed E-state index contributed by atoms with van der Waals surface area (Å²) in [6.07, 6.45) is 0. The third-order valence-corrected chi connectivity index (χ3v) is 3.97. The molecule has 6 nitrogen and oxygen atoms in total. The molecule has 0 aliphatic heterocycles. The summed E-state index contributed by atoms with van der Waals surface area (Å²) in [4.78, 5) is 22.8. The average Bonchev–Trinajstić information content (AvgIpc) is 2.55. The Hall–Kier alpha value is -2.44. The predicted molar refractivity (Wildman–Crippen MR) is 94.2 cm³/mol. The molecule has 2 atom stereocenters. The maximum atomic E-state index is 12.3. The standard InChI is InChI=1S/C17H18ClN3O3/c1-11(13-7-3-4-8-14(13)18)19-12(2)17(22)20-15-9-5-6-10-16(15)21(23)24/h3-12,19H,1-2H3,(H,20,22). The molecule has 0 heterocycles. The van der Waals surface area contributed by atoms with Gasteiger partial charge in [0.15, 0.2) is 0 Å². The summed E-state index contributed by atoms with van der Waals surface area (Å²) in [6, 6.07) is 12.7. The molecule has 1 amide bonds. The van der Waals surface area contributed by atoms with Crippen molar-refractivity contribution < 1.29 is 9.72 Å². The van der Waals surface area contributed by atoms with Crippen LogP contribution in [0.4, 0.5) is 11.4 Å². The average molecular weight is 348 g/mol. The molecule has 24 heavy (non-hydrogen) atoms. The molecule has 0 radical (unpaired) electrons. The zero-order chi connectivity index (χ0) is 17.7. The number of hydrogen-bond donors (Lipinski definition) is 2. The lowest BCUT2D eigenvalue weighted by molar-refractivity contribution is -0.383. The Balaban J connectivity index is 2.05. The highest BCUT2D eigenvalue weighted by molar-refractivity contribution is 6.31. The van der Waals surface area contributed by atoms with Crippen molar-refractivity contribution >= 4 is 28.9 Å². The highest BCUT2D eigenvalue weighted by Gasteiger charge is 2.20. The fourth-order valence-corrected chi connectivity index (χ4v) is 2.65. The van der Waals surface area contributed by atoms with Crippen LogP contribution in [0.1, 0.15) is 25.5 Å². The number of hydrogen-bond acceptors (Lipinski definition) is 4. The van der Waals surface area contributed by atoms with Crippen molar-refractivity contribution in [1.82, 2.24) is 5.32 Å². The molecule has 0 bridgehead atoms. The summed E-state index contributed by atoms with van der Waals surface area (Å²) in [5.74, 6) is -0.358. The number of amides is 1. The van der Waals surface area contributed by atoms with Crippen molar-refractivity contribution in [2.75, 3.05) is 5.32 Å². The van der Waals surface area contributed by atoms with Crippen molar-refractivity contribution in [1.29, 1.82) is 0 Å². The highest BCUT2D eigenvalue weighted by Crippen LogP contribution is 2.24. The van der Waals surface area contributed by atoms with Crippen LogP contribution in [0.3, 0.4) is 0 Å². The van der Waals surface area contributed by atoms with Gasteiger partial charge in [-0.3, -0.25) is 20.2 Å². The van der Waals surface area contributed by atoms with E-state index < -0.39 is 11.0 Å². The van der Waals surface area contributed by atoms with Crippen LogP contribution in [-0.4, -0.2) is 16.9 Å². The zero-order valence-corrected chi connectivity index (χ0v) is 14.1. The molecule has 2 aromatic rings. The monoisotopic (exact) mass is 347 g/mol. The summed E-state index contributed by atoms with van der Waals surface area (Å²) in [5.41, 5.74) is 0.910. The minimum Gasteiger partial charge on any atom is -0.319 e. The number of halogens is 1. The first-order chi connectivity index (χ1) is 11.4. The van der Waals surface area contributed by atoms with Gasteiger partial charge < -0.3 is 5.32 Å². The van der Waals surface area contributed by atoms with Gasteiger partial charge in [-0.1, -0.05) is 41.9 Å². The molecule has 2 unspecified atom stereocenters. The van der Waals surface area contributed by atoms with Gasteiger partial charge in [-0.05, 0) is 31.5 Å². The Morgan fingerprint density at radius 1 is 1.12 bits per heavy atom. The SMILES string of the molecule is CC(NC(C)c1ccccc1Cl)C(=O)Nc1ccccc1[N+](=O)[O-]. The van der Waals surface area contributed by atoms with Crippen LogP contribution in [0, 0.1) is 10.1 Å². The van der Waals surface area contributed by atoms with Crippen LogP contribution in [0.25, 0.3) is 0 Å². The summed E-state index contributed by atoms with van der Waals surface area (Å²) in [7, 11) is 0. The van der Waals surface area contributed by atoms with E-state index >= 15 is 0 Å². The summed E-state index contributed by atoms with van der Waals surface area (Å²) < 4.78 is 0. The second-order valence-corrected chi connectivity index (χ2v) is 5.80. The first-order valence-corrected chi connectivity index (χ1v) is 7.82. The first kappa shape index (κ1) is 17.9. The van der Waals surface area contributed by atoms with E-state index in [1.807, 2.05) is 25.1 Å². The van der Waals surface area contributed by atoms with Gasteiger partial charge in [-0.15, -0.1) is 0 Å². The molecule has 2 aromatic carbocycles. The smallest absolute Gasteiger partial charge is 0.292 e. The number of para-hydroxylation sites is 2. The van der Waals surface area contributed by atoms with E-state index in [1.54, 1.807) is 25.1 Å². The zero-order valence-electron chi connectivity index (χ0n) is 13.3. The molecule has 0 saturated carbocycles. The minimum absolute atomic E-state index is 0.141. The molecule has 0 aliphatic carbocycles. The van der Waals surface area contributed by atoms with E-state index in [2.05, 4.69) is 10.6 Å². The molecule has 7 heteroatoms. The quantitative estimate of drug-likeness (QED) is 0.612. The molecular formula is C17H18ClN3O3. The van der Waals surface area contributed by atoms with Gasteiger partial charge in [0.1, 0.15) is 5.69 Å². The van der Waals surface area contributed by atoms with Gasteiger partial charge in [-0.25, -0.2) is 0 Å². The number of nitrogens with one attached hydrogen (secondary N) is 2. The van der Waals surface area contributed by atoms with E-state index in [0.717, 1.165) is 5.56 Å². The van der Waals surface area contributed by atoms with Crippen molar-refractivity contribution in [3.8, 4) is 0 Å². The Labute approximate surface area is 145 Å². The normalized spacial score (nSPS) is 13.1. The van der Waals surface area contributed by atoms with E-state index in [-0.39, 0.29) is 23.3 Å². The van der Waals surface area contributed by atoms with Crippen molar-refractivity contribution in [2.24, 2.45) is 0 Å². The fraction of sp³-hybridized carbons (Fsp3) is 0.235. The molecule has 0 aliphatic rings. The fourth-order valence-electron chi connectivity index (χ4n) is 2.35. The second kappa shape index (κ2) is 7.90. The number of nitro benzene ring substituents is 1. The third-order valence-electron chi connectivity index (χ3n) is 3.62. The molecule has 2 N–H and O–H groups in total. The van der Waals surface area contributed by atoms with Crippen LogP contribution in [0.5, 0.6) is 0 Å². The highest BCUT2D eigenvalue weighted by atomic mass is 35.5. The van der Waals surface area contributed by atoms with Gasteiger partial charge in [0.05, 0.1) is 11.0 Å². The van der Waals surface area contributed by atoms with E-state index in [4.69, 9.17) is 11.6 Å². The molecule has 2 rings (SSSR count). The lowest BCUT2D eigenvalue weighted by atomic mass is 10.1. The predicted octanol–water partition coefficient (Wildman–Crippen LogP) is 3.93. The maximum absolute atomic E-state index is 12.3. The number of rotatable bonds is 6.